The van der Waals surface area contributed by atoms with E-state index in [1.165, 1.54) is 32.1 Å². The van der Waals surface area contributed by atoms with Gasteiger partial charge in [-0.2, -0.15) is 0 Å². The van der Waals surface area contributed by atoms with Crippen molar-refractivity contribution in [1.82, 2.24) is 0 Å². The molecule has 0 atom stereocenters. The number of hydrogen-bond donors (Lipinski definition) is 0. The molecule has 2 rings (SSSR count). The van der Waals surface area contributed by atoms with Gasteiger partial charge in [-0.25, -0.2) is 0 Å². The SMILES string of the molecule is CCCCCCCCCN1C(=O)COc2ccc(C(=O)CCl)cc21. The van der Waals surface area contributed by atoms with Gasteiger partial charge in [-0.15, -0.1) is 11.6 Å². The summed E-state index contributed by atoms with van der Waals surface area (Å²) < 4.78 is 5.47. The molecule has 5 heteroatoms. The fourth-order valence-electron chi connectivity index (χ4n) is 2.92. The summed E-state index contributed by atoms with van der Waals surface area (Å²) in [6.45, 7) is 2.94. The molecule has 0 aromatic heterocycles. The third-order valence-corrected chi connectivity index (χ3v) is 4.57. The Morgan fingerprint density at radius 1 is 1.17 bits per heavy atom. The molecule has 4 nitrogen and oxygen atoms in total. The first-order chi connectivity index (χ1) is 11.7. The second-order valence-corrected chi connectivity index (χ2v) is 6.46. The summed E-state index contributed by atoms with van der Waals surface area (Å²) in [4.78, 5) is 25.7. The van der Waals surface area contributed by atoms with Crippen LogP contribution in [0.5, 0.6) is 5.75 Å². The van der Waals surface area contributed by atoms with Crippen LogP contribution in [0.15, 0.2) is 18.2 Å². The van der Waals surface area contributed by atoms with Crippen LogP contribution >= 0.6 is 11.6 Å². The highest BCUT2D eigenvalue weighted by Gasteiger charge is 2.26. The van der Waals surface area contributed by atoms with Gasteiger partial charge in [0.1, 0.15) is 5.75 Å². The zero-order valence-electron chi connectivity index (χ0n) is 14.4. The summed E-state index contributed by atoms with van der Waals surface area (Å²) in [5.74, 6) is 0.395. The normalized spacial score (nSPS) is 13.6. The Balaban J connectivity index is 1.95. The van der Waals surface area contributed by atoms with Crippen molar-refractivity contribution in [2.24, 2.45) is 0 Å². The second kappa shape index (κ2) is 9.67. The summed E-state index contributed by atoms with van der Waals surface area (Å²) in [6.07, 6.45) is 8.38. The van der Waals surface area contributed by atoms with E-state index in [9.17, 15) is 9.59 Å². The Kier molecular flexibility index (Phi) is 7.57. The van der Waals surface area contributed by atoms with Crippen LogP contribution in [0.2, 0.25) is 0 Å². The standard InChI is InChI=1S/C19H26ClNO3/c1-2-3-4-5-6-7-8-11-21-16-12-15(17(22)13-20)9-10-18(16)24-14-19(21)23/h9-10,12H,2-8,11,13-14H2,1H3. The molecule has 1 aliphatic heterocycles. The number of nitrogens with zero attached hydrogens (tertiary/aromatic N) is 1. The summed E-state index contributed by atoms with van der Waals surface area (Å²) in [5.41, 5.74) is 1.21. The predicted molar refractivity (Wildman–Crippen MR) is 97.3 cm³/mol. The molecule has 1 aliphatic rings. The van der Waals surface area contributed by atoms with Gasteiger partial charge < -0.3 is 9.64 Å². The number of Topliss-reactive ketones (excluding diaryl/α,β-unsaturated/α-hetero) is 1. The molecule has 0 saturated heterocycles. The van der Waals surface area contributed by atoms with Gasteiger partial charge in [0.25, 0.3) is 5.91 Å². The first-order valence-corrected chi connectivity index (χ1v) is 9.37. The number of carbonyl (C=O) groups excluding carboxylic acids is 2. The number of hydrogen-bond acceptors (Lipinski definition) is 3. The van der Waals surface area contributed by atoms with E-state index in [-0.39, 0.29) is 24.2 Å². The van der Waals surface area contributed by atoms with Crippen LogP contribution in [-0.2, 0) is 4.79 Å². The highest BCUT2D eigenvalue weighted by Crippen LogP contribution is 2.33. The van der Waals surface area contributed by atoms with Crippen LogP contribution < -0.4 is 9.64 Å². The lowest BCUT2D eigenvalue weighted by Gasteiger charge is -2.29. The highest BCUT2D eigenvalue weighted by molar-refractivity contribution is 6.30. The number of alkyl halides is 1. The van der Waals surface area contributed by atoms with Gasteiger partial charge >= 0.3 is 0 Å². The van der Waals surface area contributed by atoms with Crippen molar-refractivity contribution in [1.29, 1.82) is 0 Å². The van der Waals surface area contributed by atoms with Crippen molar-refractivity contribution >= 4 is 29.0 Å². The minimum atomic E-state index is -0.145. The molecule has 1 aromatic rings. The van der Waals surface area contributed by atoms with Crippen LogP contribution in [-0.4, -0.2) is 30.7 Å². The number of anilines is 1. The van der Waals surface area contributed by atoms with E-state index in [0.717, 1.165) is 12.8 Å². The first-order valence-electron chi connectivity index (χ1n) is 8.83. The van der Waals surface area contributed by atoms with Crippen molar-refractivity contribution in [3.8, 4) is 5.75 Å². The lowest BCUT2D eigenvalue weighted by molar-refractivity contribution is -0.121. The molecule has 1 amide bonds. The average Bonchev–Trinajstić information content (AvgIpc) is 2.61. The Bertz CT molecular complexity index is 574. The molecule has 24 heavy (non-hydrogen) atoms. The van der Waals surface area contributed by atoms with Crippen molar-refractivity contribution in [3.05, 3.63) is 23.8 Å². The third-order valence-electron chi connectivity index (χ3n) is 4.33. The van der Waals surface area contributed by atoms with Crippen LogP contribution in [0.1, 0.15) is 62.2 Å². The first kappa shape index (κ1) is 18.8. The fourth-order valence-corrected chi connectivity index (χ4v) is 3.08. The van der Waals surface area contributed by atoms with E-state index in [0.29, 0.717) is 23.5 Å². The second-order valence-electron chi connectivity index (χ2n) is 6.19. The third kappa shape index (κ3) is 4.97. The van der Waals surface area contributed by atoms with Gasteiger partial charge in [-0.3, -0.25) is 9.59 Å². The number of ketones is 1. The summed E-state index contributed by atoms with van der Waals surface area (Å²) in [6, 6.07) is 5.17. The van der Waals surface area contributed by atoms with Gasteiger partial charge in [0.05, 0.1) is 11.6 Å². The van der Waals surface area contributed by atoms with E-state index >= 15 is 0 Å². The maximum Gasteiger partial charge on any atom is 0.265 e. The zero-order chi connectivity index (χ0) is 17.4. The summed E-state index contributed by atoms with van der Waals surface area (Å²) in [5, 5.41) is 0. The molecule has 0 unspecified atom stereocenters. The minimum absolute atomic E-state index is 0.0519. The lowest BCUT2D eigenvalue weighted by atomic mass is 10.1. The van der Waals surface area contributed by atoms with Gasteiger partial charge in [-0.1, -0.05) is 45.4 Å². The van der Waals surface area contributed by atoms with Crippen LogP contribution in [0, 0.1) is 0 Å². The molecule has 0 bridgehead atoms. The van der Waals surface area contributed by atoms with Crippen molar-refractivity contribution in [2.45, 2.75) is 51.9 Å². The number of unbranched alkanes of at least 4 members (excludes halogenated alkanes) is 6. The van der Waals surface area contributed by atoms with Crippen LogP contribution in [0.3, 0.4) is 0 Å². The predicted octanol–water partition coefficient (Wildman–Crippen LogP) is 4.58. The molecular formula is C19H26ClNO3. The molecular weight excluding hydrogens is 326 g/mol. The number of carbonyl (C=O) groups is 2. The Morgan fingerprint density at radius 3 is 2.58 bits per heavy atom. The maximum absolute atomic E-state index is 12.2. The number of halogens is 1. The van der Waals surface area contributed by atoms with Gasteiger partial charge in [0.15, 0.2) is 12.4 Å². The Labute approximate surface area is 149 Å². The topological polar surface area (TPSA) is 46.6 Å². The van der Waals surface area contributed by atoms with E-state index in [4.69, 9.17) is 16.3 Å². The number of fused-ring (bicyclic) bond motifs is 1. The van der Waals surface area contributed by atoms with Gasteiger partial charge in [0, 0.05) is 12.1 Å². The molecule has 1 aromatic carbocycles. The molecule has 0 fully saturated rings. The van der Waals surface area contributed by atoms with Crippen molar-refractivity contribution < 1.29 is 14.3 Å². The molecule has 1 heterocycles. The number of ether oxygens (including phenoxy) is 1. The van der Waals surface area contributed by atoms with Gasteiger partial charge in [0.2, 0.25) is 0 Å². The molecule has 0 saturated carbocycles. The number of rotatable bonds is 10. The van der Waals surface area contributed by atoms with Crippen molar-refractivity contribution in [3.63, 3.8) is 0 Å². The van der Waals surface area contributed by atoms with E-state index in [1.807, 2.05) is 0 Å². The average molecular weight is 352 g/mol. The quantitative estimate of drug-likeness (QED) is 0.352. The smallest absolute Gasteiger partial charge is 0.265 e. The Hall–Kier alpha value is -1.55. The van der Waals surface area contributed by atoms with Crippen LogP contribution in [0.4, 0.5) is 5.69 Å². The maximum atomic E-state index is 12.2. The number of benzene rings is 1. The zero-order valence-corrected chi connectivity index (χ0v) is 15.1. The molecule has 0 spiro atoms. The van der Waals surface area contributed by atoms with E-state index in [2.05, 4.69) is 6.92 Å². The van der Waals surface area contributed by atoms with E-state index in [1.54, 1.807) is 23.1 Å². The largest absolute Gasteiger partial charge is 0.482 e. The molecule has 132 valence electrons. The Morgan fingerprint density at radius 2 is 1.88 bits per heavy atom. The highest BCUT2D eigenvalue weighted by atomic mass is 35.5. The molecule has 0 radical (unpaired) electrons. The van der Waals surface area contributed by atoms with Gasteiger partial charge in [-0.05, 0) is 24.6 Å². The fraction of sp³-hybridized carbons (Fsp3) is 0.579. The lowest BCUT2D eigenvalue weighted by Crippen LogP contribution is -2.39. The summed E-state index contributed by atoms with van der Waals surface area (Å²) in [7, 11) is 0. The monoisotopic (exact) mass is 351 g/mol. The molecule has 0 N–H and O–H groups in total. The summed E-state index contributed by atoms with van der Waals surface area (Å²) >= 11 is 5.63. The minimum Gasteiger partial charge on any atom is -0.482 e. The number of amides is 1. The molecule has 0 aliphatic carbocycles. The van der Waals surface area contributed by atoms with Crippen LogP contribution in [0.25, 0.3) is 0 Å². The van der Waals surface area contributed by atoms with E-state index < -0.39 is 0 Å². The van der Waals surface area contributed by atoms with Crippen molar-refractivity contribution in [2.75, 3.05) is 23.9 Å².